The van der Waals surface area contributed by atoms with Crippen molar-refractivity contribution in [1.29, 1.82) is 0 Å². The maximum absolute atomic E-state index is 6.22. The maximum atomic E-state index is 6.22. The molecule has 1 aliphatic heterocycles. The summed E-state index contributed by atoms with van der Waals surface area (Å²) in [5, 5.41) is 8.25. The lowest BCUT2D eigenvalue weighted by molar-refractivity contribution is 0.0329. The lowest BCUT2D eigenvalue weighted by atomic mass is 9.84. The van der Waals surface area contributed by atoms with E-state index in [4.69, 9.17) is 5.73 Å². The van der Waals surface area contributed by atoms with Gasteiger partial charge in [-0.1, -0.05) is 20.8 Å². The first-order valence-corrected chi connectivity index (χ1v) is 7.29. The van der Waals surface area contributed by atoms with Crippen molar-refractivity contribution in [2.75, 3.05) is 13.1 Å². The second-order valence-corrected chi connectivity index (χ2v) is 7.12. The monoisotopic (exact) mass is 263 g/mol. The molecule has 1 aromatic heterocycles. The fourth-order valence-electron chi connectivity index (χ4n) is 4.37. The van der Waals surface area contributed by atoms with Gasteiger partial charge < -0.3 is 10.3 Å². The second kappa shape index (κ2) is 4.28. The summed E-state index contributed by atoms with van der Waals surface area (Å²) >= 11 is 0. The molecule has 2 heterocycles. The molecule has 19 heavy (non-hydrogen) atoms. The van der Waals surface area contributed by atoms with Crippen LogP contribution in [0.3, 0.4) is 0 Å². The van der Waals surface area contributed by atoms with Crippen molar-refractivity contribution in [3.63, 3.8) is 0 Å². The van der Waals surface area contributed by atoms with Crippen LogP contribution in [-0.2, 0) is 13.1 Å². The number of aromatic nitrogens is 3. The van der Waals surface area contributed by atoms with Gasteiger partial charge in [0, 0.05) is 25.2 Å². The Morgan fingerprint density at radius 1 is 1.42 bits per heavy atom. The van der Waals surface area contributed by atoms with E-state index in [0.717, 1.165) is 32.0 Å². The Morgan fingerprint density at radius 3 is 2.84 bits per heavy atom. The van der Waals surface area contributed by atoms with Crippen molar-refractivity contribution in [3.05, 3.63) is 12.2 Å². The SMILES string of the molecule is CC1CC(C)(C)CC1(CN)N1CCn2cnnc2C1. The molecule has 0 bridgehead atoms. The summed E-state index contributed by atoms with van der Waals surface area (Å²) in [6, 6.07) is 0. The summed E-state index contributed by atoms with van der Waals surface area (Å²) in [4.78, 5) is 2.57. The van der Waals surface area contributed by atoms with E-state index in [9.17, 15) is 0 Å². The minimum atomic E-state index is 0.140. The van der Waals surface area contributed by atoms with Crippen LogP contribution in [0.25, 0.3) is 0 Å². The number of fused-ring (bicyclic) bond motifs is 1. The molecule has 1 aromatic rings. The van der Waals surface area contributed by atoms with Gasteiger partial charge in [0.05, 0.1) is 6.54 Å². The van der Waals surface area contributed by atoms with Crippen molar-refractivity contribution < 1.29 is 0 Å². The van der Waals surface area contributed by atoms with Crippen LogP contribution in [0, 0.1) is 11.3 Å². The average Bonchev–Trinajstić information content (AvgIpc) is 2.90. The Morgan fingerprint density at radius 2 is 2.21 bits per heavy atom. The lowest BCUT2D eigenvalue weighted by Gasteiger charge is -2.46. The molecule has 5 nitrogen and oxygen atoms in total. The van der Waals surface area contributed by atoms with Gasteiger partial charge in [0.1, 0.15) is 12.2 Å². The van der Waals surface area contributed by atoms with E-state index in [0.29, 0.717) is 11.3 Å². The van der Waals surface area contributed by atoms with Crippen molar-refractivity contribution in [3.8, 4) is 0 Å². The van der Waals surface area contributed by atoms with Gasteiger partial charge in [0.2, 0.25) is 0 Å². The molecule has 0 spiro atoms. The molecule has 1 aliphatic carbocycles. The fourth-order valence-corrected chi connectivity index (χ4v) is 4.37. The van der Waals surface area contributed by atoms with Gasteiger partial charge >= 0.3 is 0 Å². The first-order valence-electron chi connectivity index (χ1n) is 7.29. The maximum Gasteiger partial charge on any atom is 0.147 e. The summed E-state index contributed by atoms with van der Waals surface area (Å²) in [5.74, 6) is 1.72. The van der Waals surface area contributed by atoms with Gasteiger partial charge in [-0.3, -0.25) is 4.90 Å². The van der Waals surface area contributed by atoms with E-state index in [1.807, 2.05) is 6.33 Å². The average molecular weight is 263 g/mol. The molecule has 1 fully saturated rings. The topological polar surface area (TPSA) is 60.0 Å². The molecular weight excluding hydrogens is 238 g/mol. The quantitative estimate of drug-likeness (QED) is 0.872. The van der Waals surface area contributed by atoms with Crippen molar-refractivity contribution in [2.45, 2.75) is 52.2 Å². The molecule has 1 saturated carbocycles. The van der Waals surface area contributed by atoms with Crippen LogP contribution in [0.15, 0.2) is 6.33 Å². The fraction of sp³-hybridized carbons (Fsp3) is 0.857. The third-order valence-corrected chi connectivity index (χ3v) is 5.18. The van der Waals surface area contributed by atoms with Crippen LogP contribution in [0.5, 0.6) is 0 Å². The van der Waals surface area contributed by atoms with Crippen molar-refractivity contribution >= 4 is 0 Å². The molecule has 2 N–H and O–H groups in total. The Labute approximate surface area is 115 Å². The first-order chi connectivity index (χ1) is 8.97. The van der Waals surface area contributed by atoms with Gasteiger partial charge in [0.15, 0.2) is 0 Å². The number of hydrogen-bond acceptors (Lipinski definition) is 4. The molecule has 2 aliphatic rings. The zero-order valence-electron chi connectivity index (χ0n) is 12.3. The van der Waals surface area contributed by atoms with Crippen LogP contribution < -0.4 is 5.73 Å². The standard InChI is InChI=1S/C14H25N5/c1-11-6-13(2,3)8-14(11,9-15)19-5-4-18-10-16-17-12(18)7-19/h10-11H,4-9,15H2,1-3H3. The van der Waals surface area contributed by atoms with Crippen molar-refractivity contribution in [1.82, 2.24) is 19.7 Å². The van der Waals surface area contributed by atoms with E-state index in [1.165, 1.54) is 12.8 Å². The molecule has 0 radical (unpaired) electrons. The largest absolute Gasteiger partial charge is 0.329 e. The van der Waals surface area contributed by atoms with Gasteiger partial charge in [-0.15, -0.1) is 10.2 Å². The van der Waals surface area contributed by atoms with Crippen LogP contribution in [-0.4, -0.2) is 38.3 Å². The van der Waals surface area contributed by atoms with Crippen LogP contribution in [0.4, 0.5) is 0 Å². The molecule has 0 saturated heterocycles. The number of hydrogen-bond donors (Lipinski definition) is 1. The number of rotatable bonds is 2. The van der Waals surface area contributed by atoms with Gasteiger partial charge in [-0.25, -0.2) is 0 Å². The molecule has 106 valence electrons. The van der Waals surface area contributed by atoms with Gasteiger partial charge in [-0.2, -0.15) is 0 Å². The van der Waals surface area contributed by atoms with Gasteiger partial charge in [0.25, 0.3) is 0 Å². The lowest BCUT2D eigenvalue weighted by Crippen LogP contribution is -2.57. The van der Waals surface area contributed by atoms with E-state index < -0.39 is 0 Å². The zero-order valence-corrected chi connectivity index (χ0v) is 12.3. The predicted molar refractivity (Wildman–Crippen MR) is 74.4 cm³/mol. The summed E-state index contributed by atoms with van der Waals surface area (Å²) in [6.45, 7) is 10.8. The minimum absolute atomic E-state index is 0.140. The van der Waals surface area contributed by atoms with Crippen LogP contribution in [0.1, 0.15) is 39.4 Å². The van der Waals surface area contributed by atoms with Crippen molar-refractivity contribution in [2.24, 2.45) is 17.1 Å². The molecular formula is C14H25N5. The van der Waals surface area contributed by atoms with E-state index in [1.54, 1.807) is 0 Å². The molecule has 0 aromatic carbocycles. The first kappa shape index (κ1) is 13.1. The van der Waals surface area contributed by atoms with E-state index in [2.05, 4.69) is 40.4 Å². The number of nitrogens with zero attached hydrogens (tertiary/aromatic N) is 4. The molecule has 3 rings (SSSR count). The summed E-state index contributed by atoms with van der Waals surface area (Å²) < 4.78 is 2.16. The summed E-state index contributed by atoms with van der Waals surface area (Å²) in [7, 11) is 0. The Balaban J connectivity index is 1.88. The molecule has 2 unspecified atom stereocenters. The third kappa shape index (κ3) is 1.99. The highest BCUT2D eigenvalue weighted by molar-refractivity contribution is 5.08. The summed E-state index contributed by atoms with van der Waals surface area (Å²) in [5.41, 5.74) is 6.75. The zero-order chi connectivity index (χ0) is 13.7. The highest BCUT2D eigenvalue weighted by atomic mass is 15.3. The van der Waals surface area contributed by atoms with Gasteiger partial charge in [-0.05, 0) is 24.2 Å². The Kier molecular flexibility index (Phi) is 2.94. The van der Waals surface area contributed by atoms with Crippen LogP contribution >= 0.6 is 0 Å². The Hall–Kier alpha value is -0.940. The minimum Gasteiger partial charge on any atom is -0.329 e. The van der Waals surface area contributed by atoms with E-state index >= 15 is 0 Å². The highest BCUT2D eigenvalue weighted by Gasteiger charge is 2.51. The summed E-state index contributed by atoms with van der Waals surface area (Å²) in [6.07, 6.45) is 4.28. The molecule has 2 atom stereocenters. The third-order valence-electron chi connectivity index (χ3n) is 5.18. The highest BCUT2D eigenvalue weighted by Crippen LogP contribution is 2.50. The van der Waals surface area contributed by atoms with Crippen LogP contribution in [0.2, 0.25) is 0 Å². The smallest absolute Gasteiger partial charge is 0.147 e. The second-order valence-electron chi connectivity index (χ2n) is 7.12. The normalized spacial score (nSPS) is 34.4. The Bertz CT molecular complexity index is 466. The van der Waals surface area contributed by atoms with E-state index in [-0.39, 0.29) is 5.54 Å². The molecule has 5 heteroatoms. The number of nitrogens with two attached hydrogens (primary N) is 1. The predicted octanol–water partition coefficient (Wildman–Crippen LogP) is 1.25. The molecule has 0 amide bonds.